The van der Waals surface area contributed by atoms with Crippen LogP contribution in [0, 0.1) is 18.8 Å². The van der Waals surface area contributed by atoms with E-state index in [9.17, 15) is 9.59 Å². The highest BCUT2D eigenvalue weighted by Crippen LogP contribution is 2.46. The molecular formula is C27H32O4. The molecule has 0 aromatic heterocycles. The maximum Gasteiger partial charge on any atom is 0.338 e. The molecule has 2 aromatic carbocycles. The molecule has 2 aliphatic carbocycles. The van der Waals surface area contributed by atoms with E-state index in [1.165, 1.54) is 12.0 Å². The Labute approximate surface area is 185 Å². The highest BCUT2D eigenvalue weighted by molar-refractivity contribution is 5.90. The molecule has 0 radical (unpaired) electrons. The Kier molecular flexibility index (Phi) is 6.74. The van der Waals surface area contributed by atoms with Crippen molar-refractivity contribution in [3.63, 3.8) is 0 Å². The Morgan fingerprint density at radius 1 is 0.774 bits per heavy atom. The van der Waals surface area contributed by atoms with Crippen molar-refractivity contribution in [1.82, 2.24) is 0 Å². The SMILES string of the molecule is CCCCc1ccc(C(=O)OC2CC3CC(OC(=O)c4ccc(C)cc4)CC3C2)cc1. The molecule has 2 aromatic rings. The smallest absolute Gasteiger partial charge is 0.338 e. The van der Waals surface area contributed by atoms with Crippen LogP contribution in [0.25, 0.3) is 0 Å². The average molecular weight is 421 g/mol. The van der Waals surface area contributed by atoms with Crippen LogP contribution in [0.15, 0.2) is 48.5 Å². The Morgan fingerprint density at radius 3 is 1.68 bits per heavy atom. The van der Waals surface area contributed by atoms with E-state index in [1.54, 1.807) is 0 Å². The molecular weight excluding hydrogens is 388 g/mol. The number of carbonyl (C=O) groups is 2. The van der Waals surface area contributed by atoms with Gasteiger partial charge in [0, 0.05) is 0 Å². The second-order valence-corrected chi connectivity index (χ2v) is 9.18. The number of fused-ring (bicyclic) bond motifs is 1. The van der Waals surface area contributed by atoms with Gasteiger partial charge in [-0.3, -0.25) is 0 Å². The van der Waals surface area contributed by atoms with E-state index < -0.39 is 0 Å². The van der Waals surface area contributed by atoms with Crippen molar-refractivity contribution in [3.8, 4) is 0 Å². The molecule has 4 rings (SSSR count). The molecule has 2 unspecified atom stereocenters. The Balaban J connectivity index is 1.24. The summed E-state index contributed by atoms with van der Waals surface area (Å²) in [6.07, 6.45) is 6.77. The van der Waals surface area contributed by atoms with Crippen LogP contribution in [0.3, 0.4) is 0 Å². The van der Waals surface area contributed by atoms with Crippen molar-refractivity contribution in [2.24, 2.45) is 11.8 Å². The van der Waals surface area contributed by atoms with Gasteiger partial charge in [0.15, 0.2) is 0 Å². The summed E-state index contributed by atoms with van der Waals surface area (Å²) in [5, 5.41) is 0. The van der Waals surface area contributed by atoms with Gasteiger partial charge in [0.1, 0.15) is 12.2 Å². The summed E-state index contributed by atoms with van der Waals surface area (Å²) < 4.78 is 11.6. The van der Waals surface area contributed by atoms with E-state index in [1.807, 2.05) is 55.5 Å². The number of rotatable bonds is 7. The highest BCUT2D eigenvalue weighted by Gasteiger charge is 2.44. The van der Waals surface area contributed by atoms with E-state index in [0.717, 1.165) is 44.1 Å². The number of unbranched alkanes of at least 4 members (excludes halogenated alkanes) is 1. The Bertz CT molecular complexity index is 886. The molecule has 2 atom stereocenters. The standard InChI is InChI=1S/C27H32O4/c1-3-4-5-19-8-12-21(13-9-19)27(29)31-25-16-22-14-24(15-23(22)17-25)30-26(28)20-10-6-18(2)7-11-20/h6-13,22-25H,3-5,14-17H2,1-2H3. The first-order valence-electron chi connectivity index (χ1n) is 11.6. The predicted octanol–water partition coefficient (Wildman–Crippen LogP) is 5.91. The quantitative estimate of drug-likeness (QED) is 0.523. The van der Waals surface area contributed by atoms with Crippen molar-refractivity contribution in [2.75, 3.05) is 0 Å². The lowest BCUT2D eigenvalue weighted by molar-refractivity contribution is 0.0226. The maximum absolute atomic E-state index is 12.5. The van der Waals surface area contributed by atoms with E-state index in [4.69, 9.17) is 9.47 Å². The molecule has 4 nitrogen and oxygen atoms in total. The number of hydrogen-bond acceptors (Lipinski definition) is 4. The van der Waals surface area contributed by atoms with Gasteiger partial charge >= 0.3 is 11.9 Å². The van der Waals surface area contributed by atoms with Crippen molar-refractivity contribution in [2.45, 2.75) is 71.0 Å². The second-order valence-electron chi connectivity index (χ2n) is 9.18. The first-order valence-corrected chi connectivity index (χ1v) is 11.6. The summed E-state index contributed by atoms with van der Waals surface area (Å²) in [6.45, 7) is 4.18. The molecule has 4 heteroatoms. The van der Waals surface area contributed by atoms with Crippen LogP contribution in [0.1, 0.15) is 77.3 Å². The van der Waals surface area contributed by atoms with Crippen LogP contribution >= 0.6 is 0 Å². The van der Waals surface area contributed by atoms with Crippen LogP contribution in [-0.4, -0.2) is 24.1 Å². The first kappa shape index (κ1) is 21.6. The van der Waals surface area contributed by atoms with Crippen LogP contribution in [0.2, 0.25) is 0 Å². The number of benzene rings is 2. The van der Waals surface area contributed by atoms with Gasteiger partial charge < -0.3 is 9.47 Å². The lowest BCUT2D eigenvalue weighted by Crippen LogP contribution is -2.19. The minimum absolute atomic E-state index is 0.0314. The van der Waals surface area contributed by atoms with Crippen LogP contribution in [0.4, 0.5) is 0 Å². The van der Waals surface area contributed by atoms with Crippen LogP contribution < -0.4 is 0 Å². The first-order chi connectivity index (χ1) is 15.0. The molecule has 0 spiro atoms. The van der Waals surface area contributed by atoms with Gasteiger partial charge in [0.2, 0.25) is 0 Å². The average Bonchev–Trinajstić information content (AvgIpc) is 3.30. The zero-order chi connectivity index (χ0) is 21.8. The van der Waals surface area contributed by atoms with Gasteiger partial charge in [-0.25, -0.2) is 9.59 Å². The lowest BCUT2D eigenvalue weighted by Gasteiger charge is -2.17. The number of carbonyl (C=O) groups excluding carboxylic acids is 2. The number of aryl methyl sites for hydroxylation is 2. The molecule has 2 aliphatic rings. The number of ether oxygens (including phenoxy) is 2. The maximum atomic E-state index is 12.5. The fourth-order valence-electron chi connectivity index (χ4n) is 5.01. The fraction of sp³-hybridized carbons (Fsp3) is 0.481. The Morgan fingerprint density at radius 2 is 1.23 bits per heavy atom. The molecule has 31 heavy (non-hydrogen) atoms. The van der Waals surface area contributed by atoms with Crippen LogP contribution in [0.5, 0.6) is 0 Å². The van der Waals surface area contributed by atoms with E-state index in [-0.39, 0.29) is 24.1 Å². The second kappa shape index (κ2) is 9.67. The van der Waals surface area contributed by atoms with Gasteiger partial charge in [-0.15, -0.1) is 0 Å². The summed E-state index contributed by atoms with van der Waals surface area (Å²) >= 11 is 0. The summed E-state index contributed by atoms with van der Waals surface area (Å²) in [5.74, 6) is 0.458. The molecule has 2 fully saturated rings. The molecule has 2 saturated carbocycles. The number of hydrogen-bond donors (Lipinski definition) is 0. The third kappa shape index (κ3) is 5.36. The van der Waals surface area contributed by atoms with Gasteiger partial charge in [0.05, 0.1) is 11.1 Å². The summed E-state index contributed by atoms with van der Waals surface area (Å²) in [7, 11) is 0. The minimum atomic E-state index is -0.240. The topological polar surface area (TPSA) is 52.6 Å². The molecule has 0 bridgehead atoms. The Hall–Kier alpha value is -2.62. The monoisotopic (exact) mass is 420 g/mol. The van der Waals surface area contributed by atoms with Crippen molar-refractivity contribution in [1.29, 1.82) is 0 Å². The van der Waals surface area contributed by atoms with Gasteiger partial charge in [-0.05, 0) is 87.1 Å². The van der Waals surface area contributed by atoms with Gasteiger partial charge in [0.25, 0.3) is 0 Å². The number of esters is 2. The summed E-state index contributed by atoms with van der Waals surface area (Å²) in [4.78, 5) is 24.9. The molecule has 0 heterocycles. The van der Waals surface area contributed by atoms with Crippen LogP contribution in [-0.2, 0) is 15.9 Å². The normalized spacial score (nSPS) is 24.6. The van der Waals surface area contributed by atoms with Crippen molar-refractivity contribution < 1.29 is 19.1 Å². The summed E-state index contributed by atoms with van der Waals surface area (Å²) in [5.41, 5.74) is 3.62. The van der Waals surface area contributed by atoms with Crippen molar-refractivity contribution in [3.05, 3.63) is 70.8 Å². The zero-order valence-corrected chi connectivity index (χ0v) is 18.5. The molecule has 0 saturated heterocycles. The molecule has 0 N–H and O–H groups in total. The third-order valence-corrected chi connectivity index (χ3v) is 6.77. The summed E-state index contributed by atoms with van der Waals surface area (Å²) in [6, 6.07) is 15.3. The van der Waals surface area contributed by atoms with Gasteiger partial charge in [-0.1, -0.05) is 43.2 Å². The minimum Gasteiger partial charge on any atom is -0.459 e. The zero-order valence-electron chi connectivity index (χ0n) is 18.5. The predicted molar refractivity (Wildman–Crippen MR) is 120 cm³/mol. The van der Waals surface area contributed by atoms with Crippen molar-refractivity contribution >= 4 is 11.9 Å². The largest absolute Gasteiger partial charge is 0.459 e. The van der Waals surface area contributed by atoms with E-state index in [2.05, 4.69) is 6.92 Å². The van der Waals surface area contributed by atoms with E-state index >= 15 is 0 Å². The molecule has 164 valence electrons. The molecule has 0 amide bonds. The highest BCUT2D eigenvalue weighted by atomic mass is 16.5. The fourth-order valence-corrected chi connectivity index (χ4v) is 5.01. The van der Waals surface area contributed by atoms with E-state index in [0.29, 0.717) is 23.0 Å². The van der Waals surface area contributed by atoms with Gasteiger partial charge in [-0.2, -0.15) is 0 Å². The molecule has 0 aliphatic heterocycles. The third-order valence-electron chi connectivity index (χ3n) is 6.77. The lowest BCUT2D eigenvalue weighted by atomic mass is 10.0.